The summed E-state index contributed by atoms with van der Waals surface area (Å²) in [4.78, 5) is 0. The molecule has 2 aromatic rings. The van der Waals surface area contributed by atoms with Crippen molar-refractivity contribution in [2.75, 3.05) is 13.2 Å². The number of hydrogen-bond donors (Lipinski definition) is 1. The number of aromatic nitrogens is 2. The van der Waals surface area contributed by atoms with E-state index in [0.29, 0.717) is 6.61 Å². The fourth-order valence-corrected chi connectivity index (χ4v) is 2.38. The zero-order valence-electron chi connectivity index (χ0n) is 11.3. The second-order valence-electron chi connectivity index (χ2n) is 4.22. The molecular weight excluding hydrogens is 258 g/mol. The molecule has 0 aliphatic heterocycles. The number of ether oxygens (including phenoxy) is 1. The Bertz CT molecular complexity index is 470. The lowest BCUT2D eigenvalue weighted by Crippen LogP contribution is -2.23. The molecule has 102 valence electrons. The van der Waals surface area contributed by atoms with Gasteiger partial charge in [-0.3, -0.25) is 0 Å². The Kier molecular flexibility index (Phi) is 5.30. The molecule has 0 bridgehead atoms. The lowest BCUT2D eigenvalue weighted by Gasteiger charge is -2.17. The molecule has 5 heteroatoms. The maximum Gasteiger partial charge on any atom is 0.119 e. The van der Waals surface area contributed by atoms with E-state index in [4.69, 9.17) is 4.74 Å². The molecule has 0 saturated heterocycles. The highest BCUT2D eigenvalue weighted by molar-refractivity contribution is 7.03. The summed E-state index contributed by atoms with van der Waals surface area (Å²) in [5, 5.41) is 9.67. The Labute approximate surface area is 118 Å². The standard InChI is InChI=1S/C14H19N3OS/c1-3-9-15-14(13-10-19-17-16-13)11-5-7-12(8-6-11)18-4-2/h5-8,10,14-15H,3-4,9H2,1-2H3. The van der Waals surface area contributed by atoms with Crippen LogP contribution in [0.4, 0.5) is 0 Å². The molecule has 0 amide bonds. The molecule has 0 radical (unpaired) electrons. The molecule has 1 N–H and O–H groups in total. The molecule has 0 fully saturated rings. The number of nitrogens with zero attached hydrogens (tertiary/aromatic N) is 2. The first kappa shape index (κ1) is 14.0. The minimum absolute atomic E-state index is 0.106. The third-order valence-electron chi connectivity index (χ3n) is 2.80. The van der Waals surface area contributed by atoms with Crippen LogP contribution in [-0.2, 0) is 0 Å². The first-order chi connectivity index (χ1) is 9.35. The molecule has 2 rings (SSSR count). The lowest BCUT2D eigenvalue weighted by atomic mass is 10.0. The summed E-state index contributed by atoms with van der Waals surface area (Å²) in [6, 6.07) is 8.27. The van der Waals surface area contributed by atoms with Crippen molar-refractivity contribution in [2.24, 2.45) is 0 Å². The molecule has 0 aliphatic carbocycles. The summed E-state index contributed by atoms with van der Waals surface area (Å²) in [7, 11) is 0. The second kappa shape index (κ2) is 7.21. The summed E-state index contributed by atoms with van der Waals surface area (Å²) in [5.41, 5.74) is 2.16. The average molecular weight is 277 g/mol. The van der Waals surface area contributed by atoms with Gasteiger partial charge in [-0.05, 0) is 49.1 Å². The summed E-state index contributed by atoms with van der Waals surface area (Å²) in [6.07, 6.45) is 1.09. The van der Waals surface area contributed by atoms with Crippen LogP contribution in [0.15, 0.2) is 29.6 Å². The van der Waals surface area contributed by atoms with E-state index in [1.165, 1.54) is 17.1 Å². The van der Waals surface area contributed by atoms with Gasteiger partial charge in [-0.1, -0.05) is 23.5 Å². The maximum atomic E-state index is 5.47. The number of rotatable bonds is 7. The minimum atomic E-state index is 0.106. The summed E-state index contributed by atoms with van der Waals surface area (Å²) in [5.74, 6) is 0.900. The van der Waals surface area contributed by atoms with E-state index in [0.717, 1.165) is 24.4 Å². The van der Waals surface area contributed by atoms with Crippen LogP contribution in [0.2, 0.25) is 0 Å². The van der Waals surface area contributed by atoms with E-state index >= 15 is 0 Å². The molecule has 4 nitrogen and oxygen atoms in total. The molecule has 0 spiro atoms. The van der Waals surface area contributed by atoms with Gasteiger partial charge in [0.05, 0.1) is 18.3 Å². The average Bonchev–Trinajstić information content (AvgIpc) is 2.95. The normalized spacial score (nSPS) is 12.3. The number of hydrogen-bond acceptors (Lipinski definition) is 5. The van der Waals surface area contributed by atoms with Crippen molar-refractivity contribution < 1.29 is 4.74 Å². The van der Waals surface area contributed by atoms with Gasteiger partial charge in [0.2, 0.25) is 0 Å². The third kappa shape index (κ3) is 3.75. The Hall–Kier alpha value is -1.46. The Morgan fingerprint density at radius 3 is 2.63 bits per heavy atom. The molecule has 1 heterocycles. The first-order valence-corrected chi connectivity index (χ1v) is 7.42. The van der Waals surface area contributed by atoms with Crippen LogP contribution in [0, 0.1) is 0 Å². The zero-order chi connectivity index (χ0) is 13.5. The molecule has 1 aromatic heterocycles. The predicted octanol–water partition coefficient (Wildman–Crippen LogP) is 3.03. The van der Waals surface area contributed by atoms with Crippen LogP contribution in [-0.4, -0.2) is 22.7 Å². The maximum absolute atomic E-state index is 5.47. The first-order valence-electron chi connectivity index (χ1n) is 6.58. The van der Waals surface area contributed by atoms with Crippen LogP contribution in [0.25, 0.3) is 0 Å². The van der Waals surface area contributed by atoms with Crippen molar-refractivity contribution >= 4 is 11.5 Å². The monoisotopic (exact) mass is 277 g/mol. The highest BCUT2D eigenvalue weighted by atomic mass is 32.1. The van der Waals surface area contributed by atoms with E-state index < -0.39 is 0 Å². The third-order valence-corrected chi connectivity index (χ3v) is 3.32. The largest absolute Gasteiger partial charge is 0.494 e. The quantitative estimate of drug-likeness (QED) is 0.845. The van der Waals surface area contributed by atoms with E-state index in [1.807, 2.05) is 24.4 Å². The molecule has 1 aromatic carbocycles. The fourth-order valence-electron chi connectivity index (χ4n) is 1.90. The number of nitrogens with one attached hydrogen (secondary N) is 1. The highest BCUT2D eigenvalue weighted by Gasteiger charge is 2.15. The van der Waals surface area contributed by atoms with E-state index in [-0.39, 0.29) is 6.04 Å². The topological polar surface area (TPSA) is 47.0 Å². The van der Waals surface area contributed by atoms with Crippen LogP contribution in [0.1, 0.15) is 37.6 Å². The van der Waals surface area contributed by atoms with E-state index in [2.05, 4.69) is 34.0 Å². The van der Waals surface area contributed by atoms with Gasteiger partial charge in [0.25, 0.3) is 0 Å². The summed E-state index contributed by atoms with van der Waals surface area (Å²) >= 11 is 1.38. The van der Waals surface area contributed by atoms with Gasteiger partial charge in [0.15, 0.2) is 0 Å². The van der Waals surface area contributed by atoms with Gasteiger partial charge in [-0.15, -0.1) is 5.10 Å². The molecule has 1 atom stereocenters. The van der Waals surface area contributed by atoms with Crippen molar-refractivity contribution in [3.63, 3.8) is 0 Å². The second-order valence-corrected chi connectivity index (χ2v) is 4.83. The van der Waals surface area contributed by atoms with Gasteiger partial charge in [0.1, 0.15) is 5.75 Å². The van der Waals surface area contributed by atoms with Crippen LogP contribution in [0.3, 0.4) is 0 Å². The molecular formula is C14H19N3OS. The van der Waals surface area contributed by atoms with Crippen molar-refractivity contribution in [3.8, 4) is 5.75 Å². The van der Waals surface area contributed by atoms with Crippen LogP contribution < -0.4 is 10.1 Å². The van der Waals surface area contributed by atoms with Gasteiger partial charge >= 0.3 is 0 Å². The lowest BCUT2D eigenvalue weighted by molar-refractivity contribution is 0.340. The molecule has 0 aliphatic rings. The van der Waals surface area contributed by atoms with Gasteiger partial charge in [-0.25, -0.2) is 0 Å². The Balaban J connectivity index is 2.17. The predicted molar refractivity (Wildman–Crippen MR) is 77.7 cm³/mol. The van der Waals surface area contributed by atoms with Crippen LogP contribution >= 0.6 is 11.5 Å². The number of benzene rings is 1. The van der Waals surface area contributed by atoms with E-state index in [9.17, 15) is 0 Å². The van der Waals surface area contributed by atoms with E-state index in [1.54, 1.807) is 0 Å². The van der Waals surface area contributed by atoms with Gasteiger partial charge in [0, 0.05) is 5.38 Å². The smallest absolute Gasteiger partial charge is 0.119 e. The Morgan fingerprint density at radius 2 is 2.05 bits per heavy atom. The highest BCUT2D eigenvalue weighted by Crippen LogP contribution is 2.23. The van der Waals surface area contributed by atoms with Crippen molar-refractivity contribution in [3.05, 3.63) is 40.9 Å². The van der Waals surface area contributed by atoms with Crippen LogP contribution in [0.5, 0.6) is 5.75 Å². The minimum Gasteiger partial charge on any atom is -0.494 e. The van der Waals surface area contributed by atoms with Crippen molar-refractivity contribution in [2.45, 2.75) is 26.3 Å². The summed E-state index contributed by atoms with van der Waals surface area (Å²) in [6.45, 7) is 5.78. The zero-order valence-corrected chi connectivity index (χ0v) is 12.1. The molecule has 19 heavy (non-hydrogen) atoms. The van der Waals surface area contributed by atoms with Crippen molar-refractivity contribution in [1.82, 2.24) is 14.9 Å². The molecule has 1 unspecified atom stereocenters. The fraction of sp³-hybridized carbons (Fsp3) is 0.429. The Morgan fingerprint density at radius 1 is 1.26 bits per heavy atom. The van der Waals surface area contributed by atoms with Gasteiger partial charge < -0.3 is 10.1 Å². The SMILES string of the molecule is CCCNC(c1ccc(OCC)cc1)c1csnn1. The molecule has 0 saturated carbocycles. The van der Waals surface area contributed by atoms with Crippen molar-refractivity contribution in [1.29, 1.82) is 0 Å². The van der Waals surface area contributed by atoms with Gasteiger partial charge in [-0.2, -0.15) is 0 Å². The summed E-state index contributed by atoms with van der Waals surface area (Å²) < 4.78 is 9.42.